The quantitative estimate of drug-likeness (QED) is 0.725. The van der Waals surface area contributed by atoms with Gasteiger partial charge in [-0.25, -0.2) is 0 Å². The molecule has 1 heterocycles. The minimum absolute atomic E-state index is 0.0756. The van der Waals surface area contributed by atoms with Crippen LogP contribution in [0, 0.1) is 17.2 Å². The molecular weight excluding hydrogens is 274 g/mol. The van der Waals surface area contributed by atoms with Crippen molar-refractivity contribution in [3.63, 3.8) is 0 Å². The van der Waals surface area contributed by atoms with Gasteiger partial charge in [-0.15, -0.1) is 0 Å². The second kappa shape index (κ2) is 7.96. The number of nitriles is 1. The molecule has 3 nitrogen and oxygen atoms in total. The van der Waals surface area contributed by atoms with E-state index in [9.17, 15) is 4.79 Å². The number of nitrogens with zero attached hydrogens (tertiary/aromatic N) is 1. The Morgan fingerprint density at radius 2 is 2.59 bits per heavy atom. The number of hydrogen-bond acceptors (Lipinski definition) is 6. The lowest BCUT2D eigenvalue weighted by Gasteiger charge is -2.16. The number of thiocarbonyl (C=S) groups is 1. The smallest absolute Gasteiger partial charge is 0.220 e. The molecule has 0 N–H and O–H groups in total. The number of hydrogen-bond donors (Lipinski definition) is 0. The largest absolute Gasteiger partial charge is 0.479 e. The van der Waals surface area contributed by atoms with E-state index in [0.29, 0.717) is 17.4 Å². The van der Waals surface area contributed by atoms with Gasteiger partial charge in [-0.05, 0) is 32.0 Å². The lowest BCUT2D eigenvalue weighted by Crippen LogP contribution is -2.15. The molecule has 1 saturated heterocycles. The SMILES string of the molecule is CCOC(=S)SC(CC#N)CC1CCSC1=O. The Morgan fingerprint density at radius 3 is 3.12 bits per heavy atom. The molecule has 0 amide bonds. The first-order valence-electron chi connectivity index (χ1n) is 5.54. The van der Waals surface area contributed by atoms with Gasteiger partial charge in [0.15, 0.2) is 5.12 Å². The van der Waals surface area contributed by atoms with Crippen LogP contribution >= 0.6 is 35.7 Å². The van der Waals surface area contributed by atoms with Crippen LogP contribution in [0.3, 0.4) is 0 Å². The Bertz CT molecular complexity index is 327. The summed E-state index contributed by atoms with van der Waals surface area (Å²) < 4.78 is 5.68. The zero-order valence-electron chi connectivity index (χ0n) is 9.68. The standard InChI is InChI=1S/C11H15NO2S3/c1-2-14-11(15)17-9(3-5-12)7-8-4-6-16-10(8)13/h8-9H,2-4,6-7H2,1H3. The molecule has 0 radical (unpaired) electrons. The predicted octanol–water partition coefficient (Wildman–Crippen LogP) is 2.99. The fourth-order valence-corrected chi connectivity index (χ4v) is 4.16. The van der Waals surface area contributed by atoms with E-state index in [1.54, 1.807) is 0 Å². The molecule has 0 bridgehead atoms. The van der Waals surface area contributed by atoms with Gasteiger partial charge < -0.3 is 4.74 Å². The van der Waals surface area contributed by atoms with E-state index in [1.165, 1.54) is 23.5 Å². The third-order valence-corrected chi connectivity index (χ3v) is 4.90. The van der Waals surface area contributed by atoms with E-state index in [2.05, 4.69) is 6.07 Å². The summed E-state index contributed by atoms with van der Waals surface area (Å²) in [6, 6.07) is 2.15. The van der Waals surface area contributed by atoms with E-state index < -0.39 is 0 Å². The molecule has 6 heteroatoms. The maximum atomic E-state index is 11.5. The van der Waals surface area contributed by atoms with Crippen molar-refractivity contribution in [1.82, 2.24) is 0 Å². The summed E-state index contributed by atoms with van der Waals surface area (Å²) in [4.78, 5) is 11.5. The number of ether oxygens (including phenoxy) is 1. The van der Waals surface area contributed by atoms with Crippen molar-refractivity contribution in [1.29, 1.82) is 5.26 Å². The number of rotatable bonds is 5. The van der Waals surface area contributed by atoms with E-state index >= 15 is 0 Å². The van der Waals surface area contributed by atoms with Crippen molar-refractivity contribution < 1.29 is 9.53 Å². The summed E-state index contributed by atoms with van der Waals surface area (Å²) in [7, 11) is 0. The molecule has 0 spiro atoms. The first-order valence-corrected chi connectivity index (χ1v) is 7.81. The van der Waals surface area contributed by atoms with Crippen molar-refractivity contribution in [2.24, 2.45) is 5.92 Å². The second-order valence-corrected chi connectivity index (χ2v) is 6.68. The molecular formula is C11H15NO2S3. The third-order valence-electron chi connectivity index (χ3n) is 2.44. The predicted molar refractivity (Wildman–Crippen MR) is 76.0 cm³/mol. The lowest BCUT2D eigenvalue weighted by atomic mass is 10.0. The minimum atomic E-state index is 0.0756. The minimum Gasteiger partial charge on any atom is -0.479 e. The molecule has 2 atom stereocenters. The van der Waals surface area contributed by atoms with Gasteiger partial charge in [0.05, 0.1) is 12.7 Å². The van der Waals surface area contributed by atoms with E-state index in [-0.39, 0.29) is 16.3 Å². The van der Waals surface area contributed by atoms with E-state index in [0.717, 1.165) is 18.6 Å². The fraction of sp³-hybridized carbons (Fsp3) is 0.727. The van der Waals surface area contributed by atoms with Crippen LogP contribution in [0.5, 0.6) is 0 Å². The topological polar surface area (TPSA) is 50.1 Å². The summed E-state index contributed by atoms with van der Waals surface area (Å²) in [5, 5.41) is 9.12. The Labute approximate surface area is 116 Å². The average molecular weight is 289 g/mol. The molecule has 0 aliphatic carbocycles. The van der Waals surface area contributed by atoms with Crippen LogP contribution in [-0.2, 0) is 9.53 Å². The molecule has 0 aromatic carbocycles. The van der Waals surface area contributed by atoms with Crippen LogP contribution in [0.2, 0.25) is 0 Å². The summed E-state index contributed by atoms with van der Waals surface area (Å²) in [5.41, 5.74) is 0. The molecule has 1 rings (SSSR count). The van der Waals surface area contributed by atoms with E-state index in [1.807, 2.05) is 6.92 Å². The Kier molecular flexibility index (Phi) is 6.93. The van der Waals surface area contributed by atoms with Crippen LogP contribution < -0.4 is 0 Å². The van der Waals surface area contributed by atoms with Crippen molar-refractivity contribution in [3.8, 4) is 6.07 Å². The van der Waals surface area contributed by atoms with Gasteiger partial charge in [-0.3, -0.25) is 4.79 Å². The summed E-state index contributed by atoms with van der Waals surface area (Å²) in [6.07, 6.45) is 2.07. The molecule has 94 valence electrons. The first kappa shape index (κ1) is 14.8. The van der Waals surface area contributed by atoms with Gasteiger partial charge in [0.2, 0.25) is 4.38 Å². The molecule has 2 unspecified atom stereocenters. The fourth-order valence-electron chi connectivity index (χ4n) is 1.63. The highest BCUT2D eigenvalue weighted by Gasteiger charge is 2.29. The van der Waals surface area contributed by atoms with Crippen LogP contribution in [0.4, 0.5) is 0 Å². The summed E-state index contributed by atoms with van der Waals surface area (Å²) >= 11 is 7.86. The van der Waals surface area contributed by atoms with Gasteiger partial charge in [0.25, 0.3) is 0 Å². The highest BCUT2D eigenvalue weighted by atomic mass is 32.2. The molecule has 1 fully saturated rings. The van der Waals surface area contributed by atoms with Crippen molar-refractivity contribution >= 4 is 45.2 Å². The Hall–Kier alpha value is -0.250. The Balaban J connectivity index is 2.45. The molecule has 1 aliphatic heterocycles. The maximum Gasteiger partial charge on any atom is 0.220 e. The van der Waals surface area contributed by atoms with Crippen LogP contribution in [0.1, 0.15) is 26.2 Å². The zero-order valence-corrected chi connectivity index (χ0v) is 12.1. The third kappa shape index (κ3) is 5.28. The average Bonchev–Trinajstić information content (AvgIpc) is 2.65. The van der Waals surface area contributed by atoms with Gasteiger partial charge in [0.1, 0.15) is 0 Å². The lowest BCUT2D eigenvalue weighted by molar-refractivity contribution is -0.114. The monoisotopic (exact) mass is 289 g/mol. The van der Waals surface area contributed by atoms with Crippen molar-refractivity contribution in [3.05, 3.63) is 0 Å². The second-order valence-electron chi connectivity index (χ2n) is 3.67. The molecule has 0 aromatic heterocycles. The van der Waals surface area contributed by atoms with Crippen LogP contribution in [-0.4, -0.2) is 27.1 Å². The Morgan fingerprint density at radius 1 is 1.82 bits per heavy atom. The van der Waals surface area contributed by atoms with Crippen LogP contribution in [0.15, 0.2) is 0 Å². The van der Waals surface area contributed by atoms with Gasteiger partial charge in [-0.1, -0.05) is 23.5 Å². The molecule has 1 aliphatic rings. The van der Waals surface area contributed by atoms with Gasteiger partial charge in [0, 0.05) is 23.3 Å². The normalized spacial score (nSPS) is 20.9. The number of carbonyl (C=O) groups excluding carboxylic acids is 1. The maximum absolute atomic E-state index is 11.5. The van der Waals surface area contributed by atoms with E-state index in [4.69, 9.17) is 22.2 Å². The number of thioether (sulfide) groups is 2. The van der Waals surface area contributed by atoms with Crippen molar-refractivity contribution in [2.45, 2.75) is 31.4 Å². The molecule has 0 aromatic rings. The zero-order chi connectivity index (χ0) is 12.7. The van der Waals surface area contributed by atoms with Gasteiger partial charge in [-0.2, -0.15) is 5.26 Å². The summed E-state index contributed by atoms with van der Waals surface area (Å²) in [6.45, 7) is 2.42. The molecule has 0 saturated carbocycles. The first-order chi connectivity index (χ1) is 8.17. The van der Waals surface area contributed by atoms with Crippen molar-refractivity contribution in [2.75, 3.05) is 12.4 Å². The highest BCUT2D eigenvalue weighted by molar-refractivity contribution is 8.23. The van der Waals surface area contributed by atoms with Crippen LogP contribution in [0.25, 0.3) is 0 Å². The summed E-state index contributed by atoms with van der Waals surface area (Å²) in [5.74, 6) is 0.999. The highest BCUT2D eigenvalue weighted by Crippen LogP contribution is 2.33. The molecule has 17 heavy (non-hydrogen) atoms. The van der Waals surface area contributed by atoms with Gasteiger partial charge >= 0.3 is 0 Å². The number of carbonyl (C=O) groups is 1.